The van der Waals surface area contributed by atoms with Gasteiger partial charge < -0.3 is 19.9 Å². The summed E-state index contributed by atoms with van der Waals surface area (Å²) in [6.45, 7) is 5.65. The summed E-state index contributed by atoms with van der Waals surface area (Å²) in [5.74, 6) is -0.672. The maximum absolute atomic E-state index is 13.1. The zero-order valence-electron chi connectivity index (χ0n) is 18.6. The molecule has 0 unspecified atom stereocenters. The van der Waals surface area contributed by atoms with Gasteiger partial charge in [-0.15, -0.1) is 0 Å². The molecule has 168 valence electrons. The molecule has 0 saturated carbocycles. The number of amides is 2. The molecule has 2 aromatic rings. The fourth-order valence-corrected chi connectivity index (χ4v) is 4.58. The highest BCUT2D eigenvalue weighted by molar-refractivity contribution is 6.08. The standard InChI is InChI=1S/C25H29N3O4/c1-3-27-21-16-17(12-13-20(21)24(30)28-14-7-5-6-11-22(27)28)23(29)26-19-10-8-9-18(15-19)25(31)32-4-2/h8-10,12-13,15-16,22H,3-7,11,14H2,1-2H3,(H,26,29)/t22-/m0/s1. The number of rotatable bonds is 5. The minimum Gasteiger partial charge on any atom is -0.462 e. The van der Waals surface area contributed by atoms with Crippen molar-refractivity contribution in [1.29, 1.82) is 0 Å². The van der Waals surface area contributed by atoms with Crippen molar-refractivity contribution in [2.75, 3.05) is 29.9 Å². The van der Waals surface area contributed by atoms with E-state index in [4.69, 9.17) is 4.74 Å². The highest BCUT2D eigenvalue weighted by atomic mass is 16.5. The Balaban J connectivity index is 1.59. The van der Waals surface area contributed by atoms with E-state index in [9.17, 15) is 14.4 Å². The van der Waals surface area contributed by atoms with Crippen LogP contribution in [0.1, 0.15) is 70.6 Å². The molecule has 1 saturated heterocycles. The molecule has 1 fully saturated rings. The molecule has 4 rings (SSSR count). The second-order valence-electron chi connectivity index (χ2n) is 8.10. The third kappa shape index (κ3) is 4.20. The Labute approximate surface area is 188 Å². The van der Waals surface area contributed by atoms with E-state index in [-0.39, 0.29) is 24.6 Å². The van der Waals surface area contributed by atoms with Crippen molar-refractivity contribution in [3.63, 3.8) is 0 Å². The molecule has 2 aromatic carbocycles. The van der Waals surface area contributed by atoms with Gasteiger partial charge in [-0.3, -0.25) is 9.59 Å². The van der Waals surface area contributed by atoms with Crippen LogP contribution in [0, 0.1) is 0 Å². The number of hydrogen-bond acceptors (Lipinski definition) is 5. The fraction of sp³-hybridized carbons (Fsp3) is 0.400. The number of carbonyl (C=O) groups is 3. The van der Waals surface area contributed by atoms with Crippen LogP contribution in [0.3, 0.4) is 0 Å². The van der Waals surface area contributed by atoms with Crippen molar-refractivity contribution in [2.45, 2.75) is 45.7 Å². The second-order valence-corrected chi connectivity index (χ2v) is 8.10. The van der Waals surface area contributed by atoms with Gasteiger partial charge in [-0.25, -0.2) is 4.79 Å². The predicted octanol–water partition coefficient (Wildman–Crippen LogP) is 4.30. The Kier molecular flexibility index (Phi) is 6.44. The molecule has 0 radical (unpaired) electrons. The summed E-state index contributed by atoms with van der Waals surface area (Å²) in [5, 5.41) is 2.85. The van der Waals surface area contributed by atoms with Crippen molar-refractivity contribution in [3.8, 4) is 0 Å². The van der Waals surface area contributed by atoms with E-state index in [1.54, 1.807) is 43.3 Å². The molecule has 7 nitrogen and oxygen atoms in total. The normalized spacial score (nSPS) is 17.8. The van der Waals surface area contributed by atoms with E-state index >= 15 is 0 Å². The van der Waals surface area contributed by atoms with Crippen LogP contribution < -0.4 is 10.2 Å². The lowest BCUT2D eigenvalue weighted by atomic mass is 10.0. The Morgan fingerprint density at radius 3 is 2.69 bits per heavy atom. The lowest BCUT2D eigenvalue weighted by molar-refractivity contribution is 0.0525. The summed E-state index contributed by atoms with van der Waals surface area (Å²) in [5.41, 5.74) is 2.82. The number of benzene rings is 2. The van der Waals surface area contributed by atoms with Gasteiger partial charge in [0.1, 0.15) is 6.17 Å². The highest BCUT2D eigenvalue weighted by Crippen LogP contribution is 2.35. The molecule has 2 amide bonds. The Bertz CT molecular complexity index is 1040. The number of fused-ring (bicyclic) bond motifs is 2. The van der Waals surface area contributed by atoms with Crippen molar-refractivity contribution >= 4 is 29.2 Å². The second kappa shape index (κ2) is 9.42. The molecule has 1 N–H and O–H groups in total. The van der Waals surface area contributed by atoms with Crippen LogP contribution in [0.25, 0.3) is 0 Å². The minimum atomic E-state index is -0.428. The number of anilines is 2. The molecule has 0 aliphatic carbocycles. The molecule has 1 atom stereocenters. The summed E-state index contributed by atoms with van der Waals surface area (Å²) in [4.78, 5) is 42.3. The molecule has 2 aliphatic heterocycles. The van der Waals surface area contributed by atoms with E-state index in [1.807, 2.05) is 11.0 Å². The van der Waals surface area contributed by atoms with Gasteiger partial charge in [-0.1, -0.05) is 12.5 Å². The zero-order valence-corrected chi connectivity index (χ0v) is 18.6. The van der Waals surface area contributed by atoms with Crippen molar-refractivity contribution < 1.29 is 19.1 Å². The summed E-state index contributed by atoms with van der Waals surface area (Å²) in [7, 11) is 0. The molecule has 2 heterocycles. The third-order valence-electron chi connectivity index (χ3n) is 6.11. The van der Waals surface area contributed by atoms with Gasteiger partial charge in [0.15, 0.2) is 0 Å². The number of hydrogen-bond donors (Lipinski definition) is 1. The fourth-order valence-electron chi connectivity index (χ4n) is 4.58. The molecule has 0 aromatic heterocycles. The molecule has 0 spiro atoms. The lowest BCUT2D eigenvalue weighted by Crippen LogP contribution is -2.55. The summed E-state index contributed by atoms with van der Waals surface area (Å²) >= 11 is 0. The maximum atomic E-state index is 13.1. The van der Waals surface area contributed by atoms with E-state index in [0.717, 1.165) is 44.5 Å². The molecule has 32 heavy (non-hydrogen) atoms. The van der Waals surface area contributed by atoms with Crippen LogP contribution in [-0.2, 0) is 4.74 Å². The number of carbonyl (C=O) groups excluding carboxylic acids is 3. The minimum absolute atomic E-state index is 0.0436. The van der Waals surface area contributed by atoms with Gasteiger partial charge in [0.2, 0.25) is 0 Å². The Morgan fingerprint density at radius 1 is 1.06 bits per heavy atom. The summed E-state index contributed by atoms with van der Waals surface area (Å²) in [6.07, 6.45) is 4.24. The van der Waals surface area contributed by atoms with Crippen molar-refractivity contribution in [1.82, 2.24) is 4.90 Å². The van der Waals surface area contributed by atoms with Crippen LogP contribution in [0.2, 0.25) is 0 Å². The third-order valence-corrected chi connectivity index (χ3v) is 6.11. The van der Waals surface area contributed by atoms with Crippen molar-refractivity contribution in [2.24, 2.45) is 0 Å². The average Bonchev–Trinajstić information content (AvgIpc) is 3.06. The Morgan fingerprint density at radius 2 is 1.91 bits per heavy atom. The molecule has 0 bridgehead atoms. The average molecular weight is 436 g/mol. The number of nitrogens with one attached hydrogen (secondary N) is 1. The number of esters is 1. The van der Waals surface area contributed by atoms with E-state index in [1.165, 1.54) is 0 Å². The first-order valence-corrected chi connectivity index (χ1v) is 11.3. The number of ether oxygens (including phenoxy) is 1. The summed E-state index contributed by atoms with van der Waals surface area (Å²) in [6, 6.07) is 11.9. The van der Waals surface area contributed by atoms with E-state index in [0.29, 0.717) is 22.4 Å². The van der Waals surface area contributed by atoms with Gasteiger partial charge in [-0.2, -0.15) is 0 Å². The summed E-state index contributed by atoms with van der Waals surface area (Å²) < 4.78 is 5.03. The van der Waals surface area contributed by atoms with Gasteiger partial charge in [0.05, 0.1) is 23.4 Å². The smallest absolute Gasteiger partial charge is 0.338 e. The van der Waals surface area contributed by atoms with E-state index < -0.39 is 5.97 Å². The van der Waals surface area contributed by atoms with Gasteiger partial charge >= 0.3 is 5.97 Å². The molecular formula is C25H29N3O4. The zero-order chi connectivity index (χ0) is 22.7. The van der Waals surface area contributed by atoms with Crippen LogP contribution in [0.5, 0.6) is 0 Å². The quantitative estimate of drug-likeness (QED) is 0.709. The Hall–Kier alpha value is -3.35. The van der Waals surface area contributed by atoms with Crippen LogP contribution in [0.15, 0.2) is 42.5 Å². The van der Waals surface area contributed by atoms with Gasteiger partial charge in [-0.05, 0) is 69.5 Å². The highest BCUT2D eigenvalue weighted by Gasteiger charge is 2.37. The maximum Gasteiger partial charge on any atom is 0.338 e. The van der Waals surface area contributed by atoms with Crippen LogP contribution in [-0.4, -0.2) is 48.5 Å². The first kappa shape index (κ1) is 21.9. The molecule has 2 aliphatic rings. The molecule has 7 heteroatoms. The van der Waals surface area contributed by atoms with Crippen LogP contribution >= 0.6 is 0 Å². The first-order chi connectivity index (χ1) is 15.5. The SMILES string of the molecule is CCOC(=O)c1cccc(NC(=O)c2ccc3c(c2)N(CC)[C@@H]2CCCCCN2C3=O)c1. The van der Waals surface area contributed by atoms with Gasteiger partial charge in [0.25, 0.3) is 11.8 Å². The topological polar surface area (TPSA) is 79.0 Å². The molecular weight excluding hydrogens is 406 g/mol. The lowest BCUT2D eigenvalue weighted by Gasteiger charge is -2.44. The number of nitrogens with zero attached hydrogens (tertiary/aromatic N) is 2. The van der Waals surface area contributed by atoms with Gasteiger partial charge in [0, 0.05) is 24.3 Å². The largest absolute Gasteiger partial charge is 0.462 e. The first-order valence-electron chi connectivity index (χ1n) is 11.3. The van der Waals surface area contributed by atoms with E-state index in [2.05, 4.69) is 17.1 Å². The van der Waals surface area contributed by atoms with Crippen molar-refractivity contribution in [3.05, 3.63) is 59.2 Å². The predicted molar refractivity (Wildman–Crippen MR) is 123 cm³/mol. The monoisotopic (exact) mass is 435 g/mol. The van der Waals surface area contributed by atoms with Crippen LogP contribution in [0.4, 0.5) is 11.4 Å².